The molecule has 0 unspecified atom stereocenters. The molecule has 0 aromatic heterocycles. The summed E-state index contributed by atoms with van der Waals surface area (Å²) >= 11 is 0. The summed E-state index contributed by atoms with van der Waals surface area (Å²) in [5.41, 5.74) is 0. The second-order valence-electron chi connectivity index (χ2n) is 7.45. The van der Waals surface area contributed by atoms with Crippen LogP contribution in [0.3, 0.4) is 0 Å². The van der Waals surface area contributed by atoms with Gasteiger partial charge >= 0.3 is 0 Å². The fourth-order valence-electron chi connectivity index (χ4n) is 5.13. The summed E-state index contributed by atoms with van der Waals surface area (Å²) in [5, 5.41) is 0. The van der Waals surface area contributed by atoms with Gasteiger partial charge in [0.2, 0.25) is 0 Å². The molecule has 3 fully saturated rings. The molecule has 108 valence electrons. The third kappa shape index (κ3) is 3.41. The third-order valence-electron chi connectivity index (χ3n) is 6.39. The minimum Gasteiger partial charge on any atom is -0.300 e. The van der Waals surface area contributed by atoms with Crippen LogP contribution in [-0.2, 0) is 4.79 Å². The summed E-state index contributed by atoms with van der Waals surface area (Å²) in [7, 11) is 0. The maximum Gasteiger partial charge on any atom is 0.132 e. The minimum atomic E-state index is 0.521. The lowest BCUT2D eigenvalue weighted by Crippen LogP contribution is -2.28. The van der Waals surface area contributed by atoms with Crippen LogP contribution < -0.4 is 0 Å². The molecule has 0 saturated heterocycles. The summed E-state index contributed by atoms with van der Waals surface area (Å²) in [5.74, 6) is 4.51. The summed E-state index contributed by atoms with van der Waals surface area (Å²) in [6, 6.07) is 0. The van der Waals surface area contributed by atoms with E-state index in [1.54, 1.807) is 0 Å². The number of ketones is 1. The Labute approximate surface area is 118 Å². The first kappa shape index (κ1) is 13.6. The molecule has 1 heteroatoms. The van der Waals surface area contributed by atoms with Crippen molar-refractivity contribution in [2.75, 3.05) is 0 Å². The van der Waals surface area contributed by atoms with Gasteiger partial charge in [-0.1, -0.05) is 32.1 Å². The van der Waals surface area contributed by atoms with Gasteiger partial charge in [0.15, 0.2) is 0 Å². The Morgan fingerprint density at radius 1 is 0.526 bits per heavy atom. The van der Waals surface area contributed by atoms with Crippen LogP contribution >= 0.6 is 0 Å². The van der Waals surface area contributed by atoms with E-state index in [0.29, 0.717) is 5.78 Å². The second kappa shape index (κ2) is 6.41. The zero-order valence-corrected chi connectivity index (χ0v) is 12.4. The SMILES string of the molecule is O=C1CCC(C2CCC(C3CCCCC3)CC2)CC1. The van der Waals surface area contributed by atoms with Crippen LogP contribution in [-0.4, -0.2) is 5.78 Å². The van der Waals surface area contributed by atoms with Crippen LogP contribution in [0.5, 0.6) is 0 Å². The normalized spacial score (nSPS) is 35.5. The zero-order chi connectivity index (χ0) is 13.1. The highest BCUT2D eigenvalue weighted by Crippen LogP contribution is 2.44. The summed E-state index contributed by atoms with van der Waals surface area (Å²) in [4.78, 5) is 11.3. The molecule has 0 atom stereocenters. The molecule has 0 bridgehead atoms. The van der Waals surface area contributed by atoms with Gasteiger partial charge in [0.25, 0.3) is 0 Å². The summed E-state index contributed by atoms with van der Waals surface area (Å²) in [6.45, 7) is 0. The van der Waals surface area contributed by atoms with Crippen molar-refractivity contribution in [1.29, 1.82) is 0 Å². The van der Waals surface area contributed by atoms with Crippen LogP contribution in [0.15, 0.2) is 0 Å². The van der Waals surface area contributed by atoms with Crippen molar-refractivity contribution in [1.82, 2.24) is 0 Å². The van der Waals surface area contributed by atoms with E-state index in [4.69, 9.17) is 0 Å². The van der Waals surface area contributed by atoms with Crippen LogP contribution in [0.4, 0.5) is 0 Å². The van der Waals surface area contributed by atoms with Gasteiger partial charge in [-0.25, -0.2) is 0 Å². The molecule has 0 radical (unpaired) electrons. The number of hydrogen-bond donors (Lipinski definition) is 0. The van der Waals surface area contributed by atoms with E-state index in [2.05, 4.69) is 0 Å². The topological polar surface area (TPSA) is 17.1 Å². The van der Waals surface area contributed by atoms with E-state index in [-0.39, 0.29) is 0 Å². The molecule has 3 aliphatic rings. The summed E-state index contributed by atoms with van der Waals surface area (Å²) < 4.78 is 0. The Hall–Kier alpha value is -0.330. The molecule has 0 heterocycles. The van der Waals surface area contributed by atoms with Gasteiger partial charge < -0.3 is 0 Å². The predicted molar refractivity (Wildman–Crippen MR) is 79.0 cm³/mol. The van der Waals surface area contributed by atoms with E-state index in [9.17, 15) is 4.79 Å². The molecule has 0 aromatic carbocycles. The van der Waals surface area contributed by atoms with Gasteiger partial charge in [0.1, 0.15) is 5.78 Å². The number of Topliss-reactive ketones (excluding diaryl/α,β-unsaturated/α-hetero) is 1. The van der Waals surface area contributed by atoms with Crippen molar-refractivity contribution in [2.24, 2.45) is 23.7 Å². The molecule has 3 aliphatic carbocycles. The van der Waals surface area contributed by atoms with Crippen molar-refractivity contribution in [2.45, 2.75) is 83.5 Å². The van der Waals surface area contributed by atoms with E-state index in [0.717, 1.165) is 36.5 Å². The van der Waals surface area contributed by atoms with Crippen molar-refractivity contribution in [3.8, 4) is 0 Å². The molecule has 3 rings (SSSR count). The van der Waals surface area contributed by atoms with Crippen LogP contribution in [0.1, 0.15) is 83.5 Å². The smallest absolute Gasteiger partial charge is 0.132 e. The molecule has 1 nitrogen and oxygen atoms in total. The second-order valence-corrected chi connectivity index (χ2v) is 7.45. The van der Waals surface area contributed by atoms with Gasteiger partial charge in [0, 0.05) is 12.8 Å². The minimum absolute atomic E-state index is 0.521. The first-order chi connectivity index (χ1) is 9.33. The fourth-order valence-corrected chi connectivity index (χ4v) is 5.13. The third-order valence-corrected chi connectivity index (χ3v) is 6.39. The molecule has 0 amide bonds. The quantitative estimate of drug-likeness (QED) is 0.674. The van der Waals surface area contributed by atoms with Gasteiger partial charge in [-0.15, -0.1) is 0 Å². The lowest BCUT2D eigenvalue weighted by Gasteiger charge is -2.39. The monoisotopic (exact) mass is 262 g/mol. The molecule has 19 heavy (non-hydrogen) atoms. The van der Waals surface area contributed by atoms with Gasteiger partial charge in [-0.05, 0) is 62.2 Å². The Kier molecular flexibility index (Phi) is 4.61. The Morgan fingerprint density at radius 2 is 0.947 bits per heavy atom. The maximum atomic E-state index is 11.3. The van der Waals surface area contributed by atoms with E-state index in [1.165, 1.54) is 70.6 Å². The number of rotatable bonds is 2. The maximum absolute atomic E-state index is 11.3. The number of hydrogen-bond acceptors (Lipinski definition) is 1. The van der Waals surface area contributed by atoms with Gasteiger partial charge in [-0.3, -0.25) is 4.79 Å². The highest BCUT2D eigenvalue weighted by molar-refractivity contribution is 5.79. The molecule has 0 spiro atoms. The van der Waals surface area contributed by atoms with E-state index < -0.39 is 0 Å². The first-order valence-electron chi connectivity index (χ1n) is 8.84. The standard InChI is InChI=1S/C18H30O/c19-18-12-10-17(11-13-18)16-8-6-15(7-9-16)14-4-2-1-3-5-14/h14-17H,1-13H2. The average molecular weight is 262 g/mol. The van der Waals surface area contributed by atoms with Gasteiger partial charge in [-0.2, -0.15) is 0 Å². The Balaban J connectivity index is 1.45. The largest absolute Gasteiger partial charge is 0.300 e. The van der Waals surface area contributed by atoms with E-state index in [1.807, 2.05) is 0 Å². The fraction of sp³-hybridized carbons (Fsp3) is 0.944. The van der Waals surface area contributed by atoms with Crippen molar-refractivity contribution in [3.63, 3.8) is 0 Å². The average Bonchev–Trinajstić information content (AvgIpc) is 2.49. The number of carbonyl (C=O) groups is 1. The van der Waals surface area contributed by atoms with Crippen molar-refractivity contribution in [3.05, 3.63) is 0 Å². The lowest BCUT2D eigenvalue weighted by molar-refractivity contribution is -0.121. The molecular formula is C18H30O. The molecule has 0 N–H and O–H groups in total. The summed E-state index contributed by atoms with van der Waals surface area (Å²) in [6.07, 6.45) is 17.6. The van der Waals surface area contributed by atoms with Gasteiger partial charge in [0.05, 0.1) is 0 Å². The molecule has 0 aliphatic heterocycles. The molecular weight excluding hydrogens is 232 g/mol. The zero-order valence-electron chi connectivity index (χ0n) is 12.4. The Bertz CT molecular complexity index is 285. The van der Waals surface area contributed by atoms with Crippen LogP contribution in [0.2, 0.25) is 0 Å². The Morgan fingerprint density at radius 3 is 1.47 bits per heavy atom. The van der Waals surface area contributed by atoms with Crippen LogP contribution in [0.25, 0.3) is 0 Å². The van der Waals surface area contributed by atoms with Crippen molar-refractivity contribution >= 4 is 5.78 Å². The van der Waals surface area contributed by atoms with Crippen LogP contribution in [0, 0.1) is 23.7 Å². The number of carbonyl (C=O) groups excluding carboxylic acids is 1. The highest BCUT2D eigenvalue weighted by Gasteiger charge is 2.33. The first-order valence-corrected chi connectivity index (χ1v) is 8.84. The molecule has 0 aromatic rings. The lowest BCUT2D eigenvalue weighted by atomic mass is 9.66. The predicted octanol–water partition coefficient (Wildman–Crippen LogP) is 5.13. The highest BCUT2D eigenvalue weighted by atomic mass is 16.1. The molecule has 3 saturated carbocycles. The van der Waals surface area contributed by atoms with Crippen molar-refractivity contribution < 1.29 is 4.79 Å². The van der Waals surface area contributed by atoms with E-state index >= 15 is 0 Å².